The molecule has 100 valence electrons. The van der Waals surface area contributed by atoms with Crippen molar-refractivity contribution in [2.75, 3.05) is 23.3 Å². The highest BCUT2D eigenvalue weighted by Crippen LogP contribution is 2.25. The van der Waals surface area contributed by atoms with Crippen molar-refractivity contribution in [1.29, 1.82) is 0 Å². The Morgan fingerprint density at radius 2 is 2.22 bits per heavy atom. The molecule has 0 radical (unpaired) electrons. The first-order chi connectivity index (χ1) is 8.63. The molecule has 1 saturated heterocycles. The highest BCUT2D eigenvalue weighted by atomic mass is 32.2. The molecular weight excluding hydrogens is 246 g/mol. The lowest BCUT2D eigenvalue weighted by Crippen LogP contribution is -2.17. The number of nitrogens with two attached hydrogens (primary N) is 1. The summed E-state index contributed by atoms with van der Waals surface area (Å²) in [6, 6.07) is 0. The van der Waals surface area contributed by atoms with E-state index in [0.29, 0.717) is 23.1 Å². The maximum absolute atomic E-state index is 5.71. The molecule has 6 heteroatoms. The van der Waals surface area contributed by atoms with Gasteiger partial charge in [0.2, 0.25) is 11.9 Å². The molecule has 1 atom stereocenters. The minimum atomic E-state index is 0.308. The fourth-order valence-corrected chi connectivity index (χ4v) is 3.19. The molecule has 1 unspecified atom stereocenters. The molecule has 2 rings (SSSR count). The third-order valence-electron chi connectivity index (χ3n) is 2.80. The van der Waals surface area contributed by atoms with Crippen LogP contribution in [0.4, 0.5) is 11.9 Å². The van der Waals surface area contributed by atoms with Gasteiger partial charge in [-0.25, -0.2) is 0 Å². The smallest absolute Gasteiger partial charge is 0.227 e. The molecule has 2 heterocycles. The second-order valence-corrected chi connectivity index (χ2v) is 6.46. The molecule has 5 nitrogen and oxygen atoms in total. The monoisotopic (exact) mass is 267 g/mol. The van der Waals surface area contributed by atoms with Gasteiger partial charge in [0.25, 0.3) is 0 Å². The van der Waals surface area contributed by atoms with Crippen molar-refractivity contribution < 1.29 is 0 Å². The maximum atomic E-state index is 5.71. The van der Waals surface area contributed by atoms with Crippen molar-refractivity contribution >= 4 is 23.7 Å². The van der Waals surface area contributed by atoms with Gasteiger partial charge in [0, 0.05) is 18.2 Å². The van der Waals surface area contributed by atoms with Gasteiger partial charge in [0.1, 0.15) is 5.82 Å². The van der Waals surface area contributed by atoms with E-state index in [9.17, 15) is 0 Å². The van der Waals surface area contributed by atoms with E-state index in [1.807, 2.05) is 11.8 Å². The average molecular weight is 267 g/mol. The predicted molar refractivity (Wildman–Crippen MR) is 76.8 cm³/mol. The van der Waals surface area contributed by atoms with Crippen LogP contribution < -0.4 is 11.1 Å². The fourth-order valence-electron chi connectivity index (χ4n) is 1.98. The first kappa shape index (κ1) is 13.4. The van der Waals surface area contributed by atoms with E-state index in [-0.39, 0.29) is 0 Å². The Morgan fingerprint density at radius 1 is 1.39 bits per heavy atom. The Balaban J connectivity index is 1.96. The minimum Gasteiger partial charge on any atom is -0.368 e. The van der Waals surface area contributed by atoms with Crippen LogP contribution in [0.1, 0.15) is 32.5 Å². The quantitative estimate of drug-likeness (QED) is 0.849. The highest BCUT2D eigenvalue weighted by Gasteiger charge is 2.15. The second-order valence-electron chi connectivity index (χ2n) is 5.05. The molecule has 1 fully saturated rings. The number of nitrogens with one attached hydrogen (secondary N) is 1. The zero-order valence-corrected chi connectivity index (χ0v) is 11.8. The summed E-state index contributed by atoms with van der Waals surface area (Å²) in [6.45, 7) is 5.19. The number of hydrogen-bond acceptors (Lipinski definition) is 6. The van der Waals surface area contributed by atoms with Crippen LogP contribution in [-0.2, 0) is 6.42 Å². The lowest BCUT2D eigenvalue weighted by Gasteiger charge is -2.11. The summed E-state index contributed by atoms with van der Waals surface area (Å²) in [4.78, 5) is 12.7. The van der Waals surface area contributed by atoms with Crippen LogP contribution in [-0.4, -0.2) is 32.5 Å². The van der Waals surface area contributed by atoms with E-state index < -0.39 is 0 Å². The molecule has 0 aliphatic carbocycles. The first-order valence-electron chi connectivity index (χ1n) is 6.49. The predicted octanol–water partition coefficient (Wildman–Crippen LogP) is 1.96. The first-order valence-corrected chi connectivity index (χ1v) is 7.54. The van der Waals surface area contributed by atoms with E-state index in [0.717, 1.165) is 18.8 Å². The van der Waals surface area contributed by atoms with E-state index in [2.05, 4.69) is 34.1 Å². The lowest BCUT2D eigenvalue weighted by molar-refractivity contribution is 0.619. The van der Waals surface area contributed by atoms with Crippen molar-refractivity contribution in [2.45, 2.75) is 38.4 Å². The molecule has 1 aromatic heterocycles. The van der Waals surface area contributed by atoms with Crippen molar-refractivity contribution in [3.63, 3.8) is 0 Å². The summed E-state index contributed by atoms with van der Waals surface area (Å²) >= 11 is 2.02. The number of hydrogen-bond donors (Lipinski definition) is 2. The molecule has 1 aliphatic rings. The van der Waals surface area contributed by atoms with Crippen LogP contribution in [0, 0.1) is 5.92 Å². The fraction of sp³-hybridized carbons (Fsp3) is 0.750. The van der Waals surface area contributed by atoms with E-state index in [1.54, 1.807) is 0 Å². The number of nitrogens with zero attached hydrogens (tertiary/aromatic N) is 3. The van der Waals surface area contributed by atoms with Crippen LogP contribution in [0.25, 0.3) is 0 Å². The van der Waals surface area contributed by atoms with Gasteiger partial charge in [-0.05, 0) is 24.5 Å². The zero-order chi connectivity index (χ0) is 13.0. The Hall–Kier alpha value is -1.04. The zero-order valence-electron chi connectivity index (χ0n) is 11.0. The molecule has 3 N–H and O–H groups in total. The van der Waals surface area contributed by atoms with Crippen LogP contribution in [0.3, 0.4) is 0 Å². The number of aromatic nitrogens is 3. The third-order valence-corrected chi connectivity index (χ3v) is 4.20. The van der Waals surface area contributed by atoms with Gasteiger partial charge in [-0.3, -0.25) is 0 Å². The SMILES string of the molecule is CC(C)Cc1nc(N)nc(NCC2CCCS2)n1. The Bertz CT molecular complexity index is 390. The van der Waals surface area contributed by atoms with E-state index in [1.165, 1.54) is 18.6 Å². The van der Waals surface area contributed by atoms with Crippen molar-refractivity contribution in [1.82, 2.24) is 15.0 Å². The van der Waals surface area contributed by atoms with Gasteiger partial charge in [-0.2, -0.15) is 26.7 Å². The van der Waals surface area contributed by atoms with Gasteiger partial charge < -0.3 is 11.1 Å². The van der Waals surface area contributed by atoms with Crippen LogP contribution >= 0.6 is 11.8 Å². The van der Waals surface area contributed by atoms with E-state index in [4.69, 9.17) is 5.73 Å². The number of thioether (sulfide) groups is 1. The summed E-state index contributed by atoms with van der Waals surface area (Å²) in [5.41, 5.74) is 5.71. The Kier molecular flexibility index (Phi) is 4.63. The summed E-state index contributed by atoms with van der Waals surface area (Å²) in [5, 5.41) is 3.96. The molecule has 1 aliphatic heterocycles. The number of anilines is 2. The molecule has 0 spiro atoms. The van der Waals surface area contributed by atoms with Crippen LogP contribution in [0.5, 0.6) is 0 Å². The topological polar surface area (TPSA) is 76.7 Å². The minimum absolute atomic E-state index is 0.308. The van der Waals surface area contributed by atoms with Crippen molar-refractivity contribution in [2.24, 2.45) is 5.92 Å². The molecule has 0 bridgehead atoms. The van der Waals surface area contributed by atoms with Gasteiger partial charge >= 0.3 is 0 Å². The summed E-state index contributed by atoms with van der Waals surface area (Å²) in [7, 11) is 0. The molecule has 0 aromatic carbocycles. The standard InChI is InChI=1S/C12H21N5S/c1-8(2)6-10-15-11(13)17-12(16-10)14-7-9-4-3-5-18-9/h8-9H,3-7H2,1-2H3,(H3,13,14,15,16,17). The van der Waals surface area contributed by atoms with Gasteiger partial charge in [0.05, 0.1) is 0 Å². The second kappa shape index (κ2) is 6.22. The summed E-state index contributed by atoms with van der Waals surface area (Å²) < 4.78 is 0. The third kappa shape index (κ3) is 4.01. The van der Waals surface area contributed by atoms with Gasteiger partial charge in [0.15, 0.2) is 0 Å². The number of rotatable bonds is 5. The molecule has 1 aromatic rings. The van der Waals surface area contributed by atoms with Crippen LogP contribution in [0.2, 0.25) is 0 Å². The average Bonchev–Trinajstić information content (AvgIpc) is 2.77. The maximum Gasteiger partial charge on any atom is 0.227 e. The largest absolute Gasteiger partial charge is 0.368 e. The highest BCUT2D eigenvalue weighted by molar-refractivity contribution is 8.00. The molecular formula is C12H21N5S. The summed E-state index contributed by atoms with van der Waals surface area (Å²) in [5.74, 6) is 3.49. The Morgan fingerprint density at radius 3 is 2.89 bits per heavy atom. The van der Waals surface area contributed by atoms with Gasteiger partial charge in [-0.15, -0.1) is 0 Å². The normalized spacial score (nSPS) is 19.4. The van der Waals surface area contributed by atoms with Crippen molar-refractivity contribution in [3.8, 4) is 0 Å². The molecule has 18 heavy (non-hydrogen) atoms. The molecule has 0 amide bonds. The van der Waals surface area contributed by atoms with Crippen molar-refractivity contribution in [3.05, 3.63) is 5.82 Å². The van der Waals surface area contributed by atoms with Gasteiger partial charge in [-0.1, -0.05) is 13.8 Å². The van der Waals surface area contributed by atoms with E-state index >= 15 is 0 Å². The Labute approximate surface area is 112 Å². The lowest BCUT2D eigenvalue weighted by atomic mass is 10.1. The molecule has 0 saturated carbocycles. The van der Waals surface area contributed by atoms with Crippen LogP contribution in [0.15, 0.2) is 0 Å². The summed E-state index contributed by atoms with van der Waals surface area (Å²) in [6.07, 6.45) is 3.42. The number of nitrogen functional groups attached to an aromatic ring is 1.